The van der Waals surface area contributed by atoms with Gasteiger partial charge < -0.3 is 10.1 Å². The van der Waals surface area contributed by atoms with Crippen molar-refractivity contribution < 1.29 is 13.2 Å². The van der Waals surface area contributed by atoms with E-state index in [1.54, 1.807) is 7.11 Å². The molecule has 0 radical (unpaired) electrons. The Morgan fingerprint density at radius 1 is 1.27 bits per heavy atom. The Kier molecular flexibility index (Phi) is 3.33. The Labute approximate surface area is 91.3 Å². The van der Waals surface area contributed by atoms with Gasteiger partial charge in [0, 0.05) is 19.2 Å². The van der Waals surface area contributed by atoms with Gasteiger partial charge in [-0.1, -0.05) is 0 Å². The Hall–Kier alpha value is -0.130. The molecule has 2 aliphatic rings. The van der Waals surface area contributed by atoms with Crippen molar-refractivity contribution in [3.63, 3.8) is 0 Å². The number of sulfone groups is 1. The summed E-state index contributed by atoms with van der Waals surface area (Å²) in [6.45, 7) is 0. The van der Waals surface area contributed by atoms with Crippen LogP contribution in [0.25, 0.3) is 0 Å². The minimum atomic E-state index is -2.77. The monoisotopic (exact) mass is 233 g/mol. The van der Waals surface area contributed by atoms with E-state index in [1.807, 2.05) is 0 Å². The SMILES string of the molecule is COC1CC(NC2CCCS(=O)(=O)C2)C1. The highest BCUT2D eigenvalue weighted by molar-refractivity contribution is 7.91. The molecule has 2 rings (SSSR count). The maximum Gasteiger partial charge on any atom is 0.151 e. The first-order chi connectivity index (χ1) is 7.09. The van der Waals surface area contributed by atoms with Crippen LogP contribution in [0.5, 0.6) is 0 Å². The summed E-state index contributed by atoms with van der Waals surface area (Å²) in [6.07, 6.45) is 4.22. The minimum Gasteiger partial charge on any atom is -0.381 e. The third kappa shape index (κ3) is 2.92. The second-order valence-corrected chi connectivity index (χ2v) is 6.87. The van der Waals surface area contributed by atoms with Crippen LogP contribution in [-0.4, -0.2) is 45.2 Å². The number of ether oxygens (including phenoxy) is 1. The average molecular weight is 233 g/mol. The van der Waals surface area contributed by atoms with Gasteiger partial charge in [-0.15, -0.1) is 0 Å². The van der Waals surface area contributed by atoms with E-state index in [9.17, 15) is 8.42 Å². The van der Waals surface area contributed by atoms with Gasteiger partial charge in [-0.25, -0.2) is 8.42 Å². The largest absolute Gasteiger partial charge is 0.381 e. The second kappa shape index (κ2) is 4.39. The lowest BCUT2D eigenvalue weighted by Gasteiger charge is -2.38. The van der Waals surface area contributed by atoms with Gasteiger partial charge in [0.05, 0.1) is 17.6 Å². The predicted octanol–water partition coefficient (Wildman–Crippen LogP) is 0.331. The summed E-state index contributed by atoms with van der Waals surface area (Å²) in [6, 6.07) is 0.639. The van der Waals surface area contributed by atoms with Crippen LogP contribution >= 0.6 is 0 Å². The molecule has 1 saturated carbocycles. The molecule has 0 bridgehead atoms. The Bertz CT molecular complexity index is 309. The quantitative estimate of drug-likeness (QED) is 0.763. The van der Waals surface area contributed by atoms with Crippen LogP contribution < -0.4 is 5.32 Å². The molecule has 15 heavy (non-hydrogen) atoms. The summed E-state index contributed by atoms with van der Waals surface area (Å²) in [5.41, 5.74) is 0. The second-order valence-electron chi connectivity index (χ2n) is 4.65. The van der Waals surface area contributed by atoms with Crippen LogP contribution in [0.1, 0.15) is 25.7 Å². The van der Waals surface area contributed by atoms with Gasteiger partial charge in [-0.05, 0) is 25.7 Å². The molecule has 1 aliphatic carbocycles. The topological polar surface area (TPSA) is 55.4 Å². The zero-order valence-corrected chi connectivity index (χ0v) is 9.92. The molecule has 0 aromatic carbocycles. The van der Waals surface area contributed by atoms with E-state index in [0.29, 0.717) is 23.7 Å². The molecule has 0 spiro atoms. The van der Waals surface area contributed by atoms with Gasteiger partial charge in [0.25, 0.3) is 0 Å². The Balaban J connectivity index is 1.76. The van der Waals surface area contributed by atoms with Crippen LogP contribution in [0.3, 0.4) is 0 Å². The van der Waals surface area contributed by atoms with Crippen LogP contribution in [-0.2, 0) is 14.6 Å². The summed E-state index contributed by atoms with van der Waals surface area (Å²) in [5, 5.41) is 3.42. The van der Waals surface area contributed by atoms with Crippen molar-refractivity contribution >= 4 is 9.84 Å². The third-order valence-corrected chi connectivity index (χ3v) is 5.18. The van der Waals surface area contributed by atoms with E-state index in [0.717, 1.165) is 25.7 Å². The van der Waals surface area contributed by atoms with Crippen molar-refractivity contribution in [3.8, 4) is 0 Å². The standard InChI is InChI=1S/C10H19NO3S/c1-14-10-5-9(6-10)11-8-3-2-4-15(12,13)7-8/h8-11H,2-7H2,1H3. The first-order valence-corrected chi connectivity index (χ1v) is 7.40. The van der Waals surface area contributed by atoms with Gasteiger partial charge in [-0.3, -0.25) is 0 Å². The van der Waals surface area contributed by atoms with Crippen molar-refractivity contribution in [3.05, 3.63) is 0 Å². The van der Waals surface area contributed by atoms with Crippen molar-refractivity contribution in [2.24, 2.45) is 0 Å². The van der Waals surface area contributed by atoms with Gasteiger partial charge in [0.2, 0.25) is 0 Å². The number of rotatable bonds is 3. The van der Waals surface area contributed by atoms with Crippen molar-refractivity contribution in [1.29, 1.82) is 0 Å². The first-order valence-electron chi connectivity index (χ1n) is 5.58. The van der Waals surface area contributed by atoms with Gasteiger partial charge in [0.1, 0.15) is 0 Å². The maximum atomic E-state index is 11.4. The summed E-state index contributed by atoms with van der Waals surface area (Å²) in [4.78, 5) is 0. The summed E-state index contributed by atoms with van der Waals surface area (Å²) >= 11 is 0. The fourth-order valence-corrected chi connectivity index (χ4v) is 4.03. The zero-order valence-electron chi connectivity index (χ0n) is 9.11. The van der Waals surface area contributed by atoms with Gasteiger partial charge in [-0.2, -0.15) is 0 Å². The van der Waals surface area contributed by atoms with Crippen LogP contribution in [0.4, 0.5) is 0 Å². The highest BCUT2D eigenvalue weighted by Gasteiger charge is 2.33. The van der Waals surface area contributed by atoms with Gasteiger partial charge >= 0.3 is 0 Å². The van der Waals surface area contributed by atoms with Crippen molar-refractivity contribution in [2.45, 2.75) is 43.9 Å². The lowest BCUT2D eigenvalue weighted by Crippen LogP contribution is -2.52. The van der Waals surface area contributed by atoms with Crippen LogP contribution in [0, 0.1) is 0 Å². The molecule has 1 N–H and O–H groups in total. The fraction of sp³-hybridized carbons (Fsp3) is 1.00. The summed E-state index contributed by atoms with van der Waals surface area (Å²) < 4.78 is 28.0. The third-order valence-electron chi connectivity index (χ3n) is 3.36. The lowest BCUT2D eigenvalue weighted by atomic mass is 9.88. The molecule has 2 fully saturated rings. The number of hydrogen-bond donors (Lipinski definition) is 1. The highest BCUT2D eigenvalue weighted by atomic mass is 32.2. The highest BCUT2D eigenvalue weighted by Crippen LogP contribution is 2.24. The number of methoxy groups -OCH3 is 1. The number of hydrogen-bond acceptors (Lipinski definition) is 4. The Morgan fingerprint density at radius 2 is 2.00 bits per heavy atom. The number of nitrogens with one attached hydrogen (secondary N) is 1. The van der Waals surface area contributed by atoms with E-state index in [-0.39, 0.29) is 6.04 Å². The zero-order chi connectivity index (χ0) is 10.9. The van der Waals surface area contributed by atoms with Crippen LogP contribution in [0.15, 0.2) is 0 Å². The summed E-state index contributed by atoms with van der Waals surface area (Å²) in [7, 11) is -1.05. The molecule has 1 unspecified atom stereocenters. The van der Waals surface area contributed by atoms with E-state index >= 15 is 0 Å². The molecule has 1 saturated heterocycles. The molecule has 0 aromatic rings. The molecule has 88 valence electrons. The van der Waals surface area contributed by atoms with Crippen LogP contribution in [0.2, 0.25) is 0 Å². The normalized spacial score (nSPS) is 39.7. The fourth-order valence-electron chi connectivity index (χ4n) is 2.38. The molecular weight excluding hydrogens is 214 g/mol. The van der Waals surface area contributed by atoms with E-state index < -0.39 is 9.84 Å². The lowest BCUT2D eigenvalue weighted by molar-refractivity contribution is 0.0145. The molecule has 1 aliphatic heterocycles. The molecule has 1 atom stereocenters. The summed E-state index contributed by atoms with van der Waals surface area (Å²) in [5.74, 6) is 0.692. The average Bonchev–Trinajstić information content (AvgIpc) is 2.09. The van der Waals surface area contributed by atoms with E-state index in [4.69, 9.17) is 4.74 Å². The molecule has 0 amide bonds. The molecule has 0 aromatic heterocycles. The van der Waals surface area contributed by atoms with Crippen molar-refractivity contribution in [1.82, 2.24) is 5.32 Å². The van der Waals surface area contributed by atoms with Crippen molar-refractivity contribution in [2.75, 3.05) is 18.6 Å². The smallest absolute Gasteiger partial charge is 0.151 e. The maximum absolute atomic E-state index is 11.4. The molecule has 5 heteroatoms. The van der Waals surface area contributed by atoms with Gasteiger partial charge in [0.15, 0.2) is 9.84 Å². The first kappa shape index (κ1) is 11.4. The molecular formula is C10H19NO3S. The predicted molar refractivity (Wildman–Crippen MR) is 58.6 cm³/mol. The molecule has 4 nitrogen and oxygen atoms in total. The minimum absolute atomic E-state index is 0.173. The Morgan fingerprint density at radius 3 is 2.60 bits per heavy atom. The van der Waals surface area contributed by atoms with E-state index in [1.165, 1.54) is 0 Å². The van der Waals surface area contributed by atoms with E-state index in [2.05, 4.69) is 5.32 Å². The molecule has 1 heterocycles.